The lowest BCUT2D eigenvalue weighted by molar-refractivity contribution is 0.344. The van der Waals surface area contributed by atoms with Gasteiger partial charge in [0.15, 0.2) is 5.75 Å². The van der Waals surface area contributed by atoms with E-state index in [1.54, 1.807) is 24.4 Å². The molecule has 2 rings (SSSR count). The molecule has 0 aromatic heterocycles. The Bertz CT molecular complexity index is 631. The zero-order valence-corrected chi connectivity index (χ0v) is 16.2. The molecule has 104 valence electrons. The van der Waals surface area contributed by atoms with Gasteiger partial charge in [-0.1, -0.05) is 28.4 Å². The maximum absolute atomic E-state index is 5.89. The van der Waals surface area contributed by atoms with Gasteiger partial charge in [-0.25, -0.2) is 0 Å². The lowest BCUT2D eigenvalue weighted by Gasteiger charge is -2.03. The highest BCUT2D eigenvalue weighted by molar-refractivity contribution is 14.1. The molecule has 2 nitrogen and oxygen atoms in total. The third-order valence-electron chi connectivity index (χ3n) is 2.50. The molecule has 0 saturated heterocycles. The van der Waals surface area contributed by atoms with Crippen molar-refractivity contribution in [1.29, 1.82) is 0 Å². The first-order valence-corrected chi connectivity index (χ1v) is 8.49. The average molecular weight is 532 g/mol. The van der Waals surface area contributed by atoms with E-state index in [0.717, 1.165) is 5.56 Å². The van der Waals surface area contributed by atoms with E-state index < -0.39 is 0 Å². The van der Waals surface area contributed by atoms with E-state index in [9.17, 15) is 0 Å². The quantitative estimate of drug-likeness (QED) is 0.273. The fourth-order valence-electron chi connectivity index (χ4n) is 1.47. The zero-order chi connectivity index (χ0) is 14.7. The topological polar surface area (TPSA) is 21.6 Å². The molecule has 0 amide bonds. The van der Waals surface area contributed by atoms with Crippen LogP contribution in [0.4, 0.5) is 0 Å². The van der Waals surface area contributed by atoms with E-state index in [1.807, 2.05) is 0 Å². The lowest BCUT2D eigenvalue weighted by atomic mass is 10.2. The standard InChI is InChI=1S/C14H9Cl2I2NO/c1-8-13(17)2-9(3-14(8)18)7-19-20-12-5-10(15)4-11(16)6-12/h2-7H,1H3/b19-7-. The highest BCUT2D eigenvalue weighted by Crippen LogP contribution is 2.24. The van der Waals surface area contributed by atoms with Crippen molar-refractivity contribution < 1.29 is 4.84 Å². The third kappa shape index (κ3) is 4.47. The van der Waals surface area contributed by atoms with E-state index in [1.165, 1.54) is 12.7 Å². The average Bonchev–Trinajstić information content (AvgIpc) is 2.34. The summed E-state index contributed by atoms with van der Waals surface area (Å²) in [6.45, 7) is 2.09. The van der Waals surface area contributed by atoms with Gasteiger partial charge in [-0.3, -0.25) is 0 Å². The van der Waals surface area contributed by atoms with Crippen LogP contribution in [0.15, 0.2) is 35.5 Å². The van der Waals surface area contributed by atoms with Crippen LogP contribution in [-0.2, 0) is 0 Å². The Labute approximate surface area is 154 Å². The van der Waals surface area contributed by atoms with Crippen molar-refractivity contribution in [2.75, 3.05) is 0 Å². The van der Waals surface area contributed by atoms with E-state index in [-0.39, 0.29) is 0 Å². The SMILES string of the molecule is Cc1c(I)cc(/C=N\Oc2cc(Cl)cc(Cl)c2)cc1I. The molecule has 20 heavy (non-hydrogen) atoms. The van der Waals surface area contributed by atoms with Crippen LogP contribution in [0.3, 0.4) is 0 Å². The Kier molecular flexibility index (Phi) is 5.95. The summed E-state index contributed by atoms with van der Waals surface area (Å²) >= 11 is 16.4. The minimum absolute atomic E-state index is 0.509. The van der Waals surface area contributed by atoms with Crippen LogP contribution >= 0.6 is 68.4 Å². The first-order valence-electron chi connectivity index (χ1n) is 5.58. The van der Waals surface area contributed by atoms with Gasteiger partial charge in [0.05, 0.1) is 6.21 Å². The Morgan fingerprint density at radius 2 is 1.55 bits per heavy atom. The van der Waals surface area contributed by atoms with E-state index in [2.05, 4.69) is 69.4 Å². The van der Waals surface area contributed by atoms with Crippen molar-refractivity contribution in [3.8, 4) is 5.75 Å². The summed E-state index contributed by atoms with van der Waals surface area (Å²) in [5.74, 6) is 0.509. The van der Waals surface area contributed by atoms with Gasteiger partial charge in [0.2, 0.25) is 0 Å². The highest BCUT2D eigenvalue weighted by atomic mass is 127. The van der Waals surface area contributed by atoms with Crippen molar-refractivity contribution in [1.82, 2.24) is 0 Å². The molecular formula is C14H9Cl2I2NO. The normalized spacial score (nSPS) is 11.1. The zero-order valence-electron chi connectivity index (χ0n) is 10.3. The molecule has 0 unspecified atom stereocenters. The molecule has 0 heterocycles. The Morgan fingerprint density at radius 1 is 1.00 bits per heavy atom. The molecule has 2 aromatic rings. The molecule has 0 aliphatic carbocycles. The van der Waals surface area contributed by atoms with Gasteiger partial charge in [0.1, 0.15) is 0 Å². The van der Waals surface area contributed by atoms with Crippen molar-refractivity contribution in [2.24, 2.45) is 5.16 Å². The molecule has 0 aliphatic heterocycles. The van der Waals surface area contributed by atoms with E-state index in [0.29, 0.717) is 15.8 Å². The minimum atomic E-state index is 0.509. The molecule has 0 fully saturated rings. The van der Waals surface area contributed by atoms with E-state index in [4.69, 9.17) is 28.0 Å². The van der Waals surface area contributed by atoms with Crippen LogP contribution in [0.5, 0.6) is 5.75 Å². The Morgan fingerprint density at radius 3 is 2.10 bits per heavy atom. The number of rotatable bonds is 3. The van der Waals surface area contributed by atoms with Gasteiger partial charge < -0.3 is 4.84 Å². The number of hydrogen-bond donors (Lipinski definition) is 0. The summed E-state index contributed by atoms with van der Waals surface area (Å²) in [4.78, 5) is 5.28. The number of hydrogen-bond acceptors (Lipinski definition) is 2. The molecule has 0 atom stereocenters. The number of oxime groups is 1. The van der Waals surface area contributed by atoms with Gasteiger partial charge in [-0.2, -0.15) is 0 Å². The Balaban J connectivity index is 2.14. The smallest absolute Gasteiger partial charge is 0.160 e. The predicted molar refractivity (Wildman–Crippen MR) is 101 cm³/mol. The Hall–Kier alpha value is -0.0500. The highest BCUT2D eigenvalue weighted by Gasteiger charge is 2.02. The van der Waals surface area contributed by atoms with E-state index >= 15 is 0 Å². The van der Waals surface area contributed by atoms with Gasteiger partial charge in [0.25, 0.3) is 0 Å². The van der Waals surface area contributed by atoms with Gasteiger partial charge in [-0.05, 0) is 81.4 Å². The summed E-state index contributed by atoms with van der Waals surface area (Å²) in [5, 5.41) is 4.99. The molecular weight excluding hydrogens is 523 g/mol. The largest absolute Gasteiger partial charge is 0.357 e. The van der Waals surface area contributed by atoms with Crippen molar-refractivity contribution in [3.05, 3.63) is 58.6 Å². The summed E-state index contributed by atoms with van der Waals surface area (Å²) in [5.41, 5.74) is 2.25. The van der Waals surface area contributed by atoms with Crippen LogP contribution in [0, 0.1) is 14.1 Å². The summed E-state index contributed by atoms with van der Waals surface area (Å²) < 4.78 is 2.39. The van der Waals surface area contributed by atoms with Crippen molar-refractivity contribution >= 4 is 74.6 Å². The molecule has 0 radical (unpaired) electrons. The second kappa shape index (κ2) is 7.29. The summed E-state index contributed by atoms with van der Waals surface area (Å²) in [6.07, 6.45) is 1.67. The second-order valence-electron chi connectivity index (χ2n) is 4.04. The van der Waals surface area contributed by atoms with Gasteiger partial charge in [0, 0.05) is 29.3 Å². The predicted octanol–water partition coefficient (Wildman–Crippen LogP) is 5.92. The van der Waals surface area contributed by atoms with Gasteiger partial charge >= 0.3 is 0 Å². The molecule has 0 spiro atoms. The first kappa shape index (κ1) is 16.3. The maximum Gasteiger partial charge on any atom is 0.160 e. The third-order valence-corrected chi connectivity index (χ3v) is 5.18. The minimum Gasteiger partial charge on any atom is -0.357 e. The van der Waals surface area contributed by atoms with Crippen LogP contribution in [-0.4, -0.2) is 6.21 Å². The number of nitrogens with zero attached hydrogens (tertiary/aromatic N) is 1. The monoisotopic (exact) mass is 531 g/mol. The molecule has 0 bridgehead atoms. The molecule has 0 aliphatic rings. The van der Waals surface area contributed by atoms with Gasteiger partial charge in [-0.15, -0.1) is 0 Å². The molecule has 0 saturated carbocycles. The summed E-state index contributed by atoms with van der Waals surface area (Å²) in [6, 6.07) is 9.07. The van der Waals surface area contributed by atoms with Crippen LogP contribution in [0.25, 0.3) is 0 Å². The number of benzene rings is 2. The lowest BCUT2D eigenvalue weighted by Crippen LogP contribution is -1.92. The van der Waals surface area contributed by atoms with Crippen LogP contribution in [0.1, 0.15) is 11.1 Å². The molecule has 6 heteroatoms. The fraction of sp³-hybridized carbons (Fsp3) is 0.0714. The van der Waals surface area contributed by atoms with Crippen LogP contribution < -0.4 is 4.84 Å². The fourth-order valence-corrected chi connectivity index (χ4v) is 3.79. The maximum atomic E-state index is 5.89. The number of halogens is 4. The van der Waals surface area contributed by atoms with Crippen molar-refractivity contribution in [3.63, 3.8) is 0 Å². The van der Waals surface area contributed by atoms with Crippen molar-refractivity contribution in [2.45, 2.75) is 6.92 Å². The molecule has 2 aromatic carbocycles. The molecule has 0 N–H and O–H groups in total. The second-order valence-corrected chi connectivity index (χ2v) is 7.24. The van der Waals surface area contributed by atoms with Crippen LogP contribution in [0.2, 0.25) is 10.0 Å². The summed E-state index contributed by atoms with van der Waals surface area (Å²) in [7, 11) is 0. The first-order chi connectivity index (χ1) is 9.45.